The van der Waals surface area contributed by atoms with Crippen molar-refractivity contribution in [3.63, 3.8) is 0 Å². The van der Waals surface area contributed by atoms with Gasteiger partial charge in [-0.05, 0) is 105 Å². The number of benzene rings is 2. The molecule has 2 saturated heterocycles. The Morgan fingerprint density at radius 2 is 1.17 bits per heavy atom. The lowest BCUT2D eigenvalue weighted by molar-refractivity contribution is -0.149. The Kier molecular flexibility index (Phi) is 40.2. The van der Waals surface area contributed by atoms with Gasteiger partial charge in [0.1, 0.15) is 72.2 Å². The summed E-state index contributed by atoms with van der Waals surface area (Å²) in [4.78, 5) is 272. The number of likely N-dealkylation sites (N-methyl/N-ethyl adjacent to an activating group) is 4. The number of unbranched alkanes of at least 4 members (excludes halogenated alkanes) is 2. The van der Waals surface area contributed by atoms with Crippen LogP contribution in [0.2, 0.25) is 0 Å². The lowest BCUT2D eigenvalue weighted by atomic mass is 9.85. The van der Waals surface area contributed by atoms with Crippen LogP contribution in [0.1, 0.15) is 147 Å². The maximum absolute atomic E-state index is 15.7. The van der Waals surface area contributed by atoms with Crippen LogP contribution in [-0.2, 0) is 107 Å². The Hall–Kier alpha value is -13.2. The number of para-hydroxylation sites is 2. The van der Waals surface area contributed by atoms with Crippen LogP contribution in [0.25, 0.3) is 21.8 Å². The van der Waals surface area contributed by atoms with Crippen molar-refractivity contribution in [1.82, 2.24) is 97.3 Å². The van der Waals surface area contributed by atoms with Crippen molar-refractivity contribution in [3.05, 3.63) is 120 Å². The second-order valence-electron chi connectivity index (χ2n) is 34.1. The van der Waals surface area contributed by atoms with Gasteiger partial charge in [-0.2, -0.15) is 0 Å². The van der Waals surface area contributed by atoms with E-state index < -0.39 is 235 Å². The van der Waals surface area contributed by atoms with E-state index in [-0.39, 0.29) is 89.6 Å². The van der Waals surface area contributed by atoms with E-state index in [2.05, 4.69) is 72.8 Å². The summed E-state index contributed by atoms with van der Waals surface area (Å²) in [6.07, 6.45) is 8.11. The maximum Gasteiger partial charge on any atom is 0.246 e. The first-order valence-corrected chi connectivity index (χ1v) is 45.7. The first-order valence-electron chi connectivity index (χ1n) is 44.5. The summed E-state index contributed by atoms with van der Waals surface area (Å²) >= 11 is 0.790. The summed E-state index contributed by atoms with van der Waals surface area (Å²) in [5.74, 6) is -19.0. The number of imidazole rings is 1. The molecular weight excluding hydrogens is 1720 g/mol. The number of hydrogen-bond donors (Lipinski definition) is 17. The zero-order valence-electron chi connectivity index (χ0n) is 76.2. The smallest absolute Gasteiger partial charge is 0.246 e. The number of thioether (sulfide) groups is 1. The van der Waals surface area contributed by atoms with Crippen LogP contribution in [0.5, 0.6) is 0 Å². The van der Waals surface area contributed by atoms with E-state index in [4.69, 9.17) is 22.6 Å². The van der Waals surface area contributed by atoms with Crippen molar-refractivity contribution in [1.29, 1.82) is 5.41 Å². The molecule has 132 heavy (non-hydrogen) atoms. The van der Waals surface area contributed by atoms with Gasteiger partial charge in [-0.3, -0.25) is 91.9 Å². The molecule has 41 nitrogen and oxygen atoms in total. The van der Waals surface area contributed by atoms with Crippen LogP contribution in [-0.4, -0.2) is 300 Å². The number of nitrogens with two attached hydrogens (primary N) is 3. The van der Waals surface area contributed by atoms with Gasteiger partial charge in [-0.25, -0.2) is 4.98 Å². The number of hydrogen-bond acceptors (Lipinski definition) is 22. The summed E-state index contributed by atoms with van der Waals surface area (Å²) in [5, 5.41) is 44.4. The van der Waals surface area contributed by atoms with Gasteiger partial charge in [-0.1, -0.05) is 89.8 Å². The van der Waals surface area contributed by atoms with Crippen molar-refractivity contribution >= 4 is 140 Å². The number of Topliss-reactive ketones (excluding diaryl/α,β-unsaturated/α-hetero) is 2. The monoisotopic (exact) mass is 1850 g/mol. The van der Waals surface area contributed by atoms with Crippen LogP contribution < -0.4 is 65.1 Å². The number of ketones is 2. The number of nitrogens with one attached hydrogen (secondary N) is 13. The van der Waals surface area contributed by atoms with Crippen LogP contribution in [0, 0.1) is 23.2 Å². The largest absolute Gasteiger partial charge is 0.396 e. The number of rotatable bonds is 26. The van der Waals surface area contributed by atoms with Crippen LogP contribution in [0.3, 0.4) is 0 Å². The summed E-state index contributed by atoms with van der Waals surface area (Å²) in [7, 11) is 5.33. The van der Waals surface area contributed by atoms with Gasteiger partial charge in [0.2, 0.25) is 88.6 Å². The summed E-state index contributed by atoms with van der Waals surface area (Å²) in [6.45, 7) is 6.25. The average Bonchev–Trinajstić information content (AvgIpc) is 1.48. The number of fused-ring (bicyclic) bond motifs is 3. The predicted octanol–water partition coefficient (Wildman–Crippen LogP) is -0.562. The van der Waals surface area contributed by atoms with Gasteiger partial charge in [0.05, 0.1) is 44.1 Å². The fraction of sp³-hybridized carbons (Fsp3) is 0.533. The first-order chi connectivity index (χ1) is 62.9. The van der Waals surface area contributed by atoms with E-state index in [1.165, 1.54) is 69.8 Å². The van der Waals surface area contributed by atoms with Gasteiger partial charge >= 0.3 is 0 Å². The Morgan fingerprint density at radius 1 is 0.576 bits per heavy atom. The highest BCUT2D eigenvalue weighted by atomic mass is 32.2. The Morgan fingerprint density at radius 3 is 1.78 bits per heavy atom. The molecule has 15 amide bonds. The minimum Gasteiger partial charge on any atom is -0.396 e. The number of aromatic amines is 3. The minimum absolute atomic E-state index is 0.00322. The highest BCUT2D eigenvalue weighted by Crippen LogP contribution is 2.29. The third kappa shape index (κ3) is 30.2. The molecule has 2 aliphatic heterocycles. The second kappa shape index (κ2) is 50.9. The lowest BCUT2D eigenvalue weighted by Gasteiger charge is -2.36. The number of primary amides is 2. The molecule has 42 heteroatoms. The highest BCUT2D eigenvalue weighted by Gasteiger charge is 2.44. The third-order valence-electron chi connectivity index (χ3n) is 23.6. The van der Waals surface area contributed by atoms with Gasteiger partial charge in [0.15, 0.2) is 11.7 Å². The van der Waals surface area contributed by atoms with E-state index in [1.54, 1.807) is 74.8 Å². The Balaban J connectivity index is 1.18. The highest BCUT2D eigenvalue weighted by molar-refractivity contribution is 8.00. The molecule has 4 aromatic heterocycles. The summed E-state index contributed by atoms with van der Waals surface area (Å²) < 4.78 is 0. The third-order valence-corrected chi connectivity index (χ3v) is 24.7. The number of aliphatic hydroxyl groups is 1. The molecule has 6 heterocycles. The van der Waals surface area contributed by atoms with Crippen LogP contribution in [0.4, 0.5) is 0 Å². The number of guanidine groups is 1. The summed E-state index contributed by atoms with van der Waals surface area (Å²) in [5.41, 5.74) is 20.2. The number of carbonyl (C=O) groups is 17. The van der Waals surface area contributed by atoms with Gasteiger partial charge in [0, 0.05) is 144 Å². The molecule has 8 rings (SSSR count). The second-order valence-corrected chi connectivity index (χ2v) is 35.2. The van der Waals surface area contributed by atoms with Crippen LogP contribution >= 0.6 is 11.8 Å². The van der Waals surface area contributed by atoms with Crippen molar-refractivity contribution in [2.75, 3.05) is 72.5 Å². The van der Waals surface area contributed by atoms with E-state index in [1.807, 2.05) is 26.0 Å². The number of carbonyl (C=O) groups excluding carboxylic acids is 17. The molecule has 0 aliphatic carbocycles. The topological polar surface area (TPSA) is 610 Å². The Bertz CT molecular complexity index is 5050. The van der Waals surface area contributed by atoms with Crippen molar-refractivity contribution in [2.24, 2.45) is 35.0 Å². The fourth-order valence-corrected chi connectivity index (χ4v) is 17.0. The first kappa shape index (κ1) is 104. The van der Waals surface area contributed by atoms with Gasteiger partial charge in [0.25, 0.3) is 0 Å². The molecule has 0 bridgehead atoms. The standard InChI is InChI=1S/C90H127N23O18S/c1-10-12-25-71-83(125)103-64(24-18-30-97-90(93)94)81(123)108-70(80(122)100-45-76(92)118)48-132-49-77(119)102-67(35-53-28-31-95-32-29-53)86(128)110(7)52(5)78(120)105-69(41-75(91)117)88(130)113-33-19-27-72(113)84(126)104-65(40-58-44-96-50-101-58)82(124)107-66(34-51(3)4)85(127)109(6)46-59(115)37-54(36-55-42-98-62-22-16-14-20-60(55)62)74(116)39-57(47-114)79(121)106-68(38-56-43-99-63-23-17-15-21-61(56)63)87(129)112(9)73(26-13-11-2)89(131)111(71)8/h14-17,20-23,28-29,31-32,42-44,50-52,54,57,64-73,98-99,114H,10-13,18-19,24-27,30,33-41,45-49H2,1-9H3,(H2,91,117)(H2,92,118)(H,96,101)(H,100,122)(H,102,119)(H,103,125)(H,104,126)(H,105,120)(H,106,121)(H,107,124)(H,108,123)(H4,93,94,97)/t52-,54+,57-,64-,65-,66-,67-,68-,69-,70-,71-,72-,73-/m0/s1. The van der Waals surface area contributed by atoms with E-state index in [9.17, 15) is 62.6 Å². The quantitative estimate of drug-likeness (QED) is 0.0184. The molecule has 2 aromatic carbocycles. The number of aromatic nitrogens is 5. The number of aliphatic hydroxyl groups excluding tert-OH is 1. The molecule has 0 radical (unpaired) electrons. The molecule has 2 aliphatic rings. The molecule has 13 atom stereocenters. The molecule has 2 fully saturated rings. The van der Waals surface area contributed by atoms with Gasteiger partial charge < -0.3 is 110 Å². The maximum atomic E-state index is 15.7. The van der Waals surface area contributed by atoms with Crippen molar-refractivity contribution < 1.29 is 86.6 Å². The fourth-order valence-electron chi connectivity index (χ4n) is 16.2. The number of pyridine rings is 1. The molecule has 6 aromatic rings. The van der Waals surface area contributed by atoms with Crippen molar-refractivity contribution in [3.8, 4) is 0 Å². The Labute approximate surface area is 769 Å². The lowest BCUT2D eigenvalue weighted by Crippen LogP contribution is -2.60. The average molecular weight is 1850 g/mol. The number of amides is 15. The number of nitrogens with zero attached hydrogens (tertiary/aromatic N) is 7. The molecule has 20 N–H and O–H groups in total. The summed E-state index contributed by atoms with van der Waals surface area (Å²) in [6, 6.07) is 1.35. The zero-order chi connectivity index (χ0) is 96.6. The normalized spacial score (nSPS) is 23.6. The molecule has 716 valence electrons. The van der Waals surface area contributed by atoms with Crippen molar-refractivity contribution in [2.45, 2.75) is 217 Å². The van der Waals surface area contributed by atoms with E-state index in [0.29, 0.717) is 69.9 Å². The van der Waals surface area contributed by atoms with E-state index in [0.717, 1.165) is 26.5 Å². The predicted molar refractivity (Wildman–Crippen MR) is 490 cm³/mol. The van der Waals surface area contributed by atoms with E-state index >= 15 is 24.0 Å². The molecule has 0 unspecified atom stereocenters. The minimum atomic E-state index is -1.74. The SMILES string of the molecule is CCCC[C@H]1C(=O)N(C)[C@@H](CCCC)C(=O)N[C@@H](CCCNC(=N)N)C(=O)N[C@H](C(=O)NCC(N)=O)CSCC(=O)N[C@@H](Cc2ccncc2)C(=O)N(C)[C@@H](C)C(=O)N[C@@H](CC(N)=O)C(=O)N2CCC[C@H]2C(=O)N[C@@H](Cc2cnc[nH]2)C(=O)N[C@@H](CC(C)C)C(=O)N(C)CC(=O)C[C@@H](Cc2c[nH]c3ccccc23)C(=O)C[C@@H](CO)C(=O)N[C@@H](Cc2c[nH]c3ccccc23)C(=O)N1C. The molecule has 0 saturated carbocycles. The molecule has 0 spiro atoms. The zero-order valence-corrected chi connectivity index (χ0v) is 77.0. The van der Waals surface area contributed by atoms with Gasteiger partial charge in [-0.15, -0.1) is 11.8 Å². The van der Waals surface area contributed by atoms with Crippen LogP contribution in [0.15, 0.2) is 98.0 Å². The number of H-pyrrole nitrogens is 3. The molecular formula is C90H127N23O18S.